The zero-order valence-electron chi connectivity index (χ0n) is 22.1. The molecule has 0 spiro atoms. The molecular formula is C30H42FNO4. The second kappa shape index (κ2) is 14.8. The van der Waals surface area contributed by atoms with Crippen LogP contribution in [0.5, 0.6) is 5.75 Å². The van der Waals surface area contributed by atoms with E-state index in [-0.39, 0.29) is 23.9 Å². The summed E-state index contributed by atoms with van der Waals surface area (Å²) in [5.41, 5.74) is 3.36. The molecule has 0 aromatic heterocycles. The Bertz CT molecular complexity index is 933. The fourth-order valence-electron chi connectivity index (χ4n) is 4.95. The molecule has 5 nitrogen and oxygen atoms in total. The number of esters is 1. The monoisotopic (exact) mass is 499 g/mol. The highest BCUT2D eigenvalue weighted by molar-refractivity contribution is 5.71. The highest BCUT2D eigenvalue weighted by Crippen LogP contribution is 2.35. The number of aryl methyl sites for hydroxylation is 1. The molecule has 1 saturated heterocycles. The summed E-state index contributed by atoms with van der Waals surface area (Å²) in [5.74, 6) is 0.450. The standard InChI is InChI=1S/C30H42FNO4/c1-4-5-12-29(36-18-9-7-10-23-13-15-25(31)16-14-23)24-19-27(21-28(20-24)34-2)32-17-8-6-11-26(32)22-30(33)35-3/h13-16,19-21,26,29H,4-12,17-18,22H2,1-3H3. The Morgan fingerprint density at radius 3 is 2.61 bits per heavy atom. The lowest BCUT2D eigenvalue weighted by Crippen LogP contribution is -2.41. The van der Waals surface area contributed by atoms with Crippen molar-refractivity contribution in [2.75, 3.05) is 32.3 Å². The van der Waals surface area contributed by atoms with Gasteiger partial charge >= 0.3 is 5.97 Å². The van der Waals surface area contributed by atoms with E-state index in [0.29, 0.717) is 13.0 Å². The number of benzene rings is 2. The molecule has 2 aromatic carbocycles. The molecular weight excluding hydrogens is 457 g/mol. The number of ether oxygens (including phenoxy) is 3. The number of piperidine rings is 1. The third kappa shape index (κ3) is 8.51. The van der Waals surface area contributed by atoms with Crippen molar-refractivity contribution in [2.45, 2.75) is 83.3 Å². The first-order valence-electron chi connectivity index (χ1n) is 13.4. The Morgan fingerprint density at radius 1 is 1.08 bits per heavy atom. The van der Waals surface area contributed by atoms with E-state index in [4.69, 9.17) is 14.2 Å². The average Bonchev–Trinajstić information content (AvgIpc) is 2.91. The van der Waals surface area contributed by atoms with E-state index in [0.717, 1.165) is 86.9 Å². The van der Waals surface area contributed by atoms with Gasteiger partial charge in [-0.1, -0.05) is 31.9 Å². The number of nitrogens with zero attached hydrogens (tertiary/aromatic N) is 1. The number of carbonyl (C=O) groups is 1. The van der Waals surface area contributed by atoms with Gasteiger partial charge in [-0.2, -0.15) is 0 Å². The van der Waals surface area contributed by atoms with Gasteiger partial charge in [-0.25, -0.2) is 4.39 Å². The fraction of sp³-hybridized carbons (Fsp3) is 0.567. The van der Waals surface area contributed by atoms with Gasteiger partial charge in [-0.05, 0) is 80.3 Å². The Kier molecular flexibility index (Phi) is 11.5. The zero-order valence-corrected chi connectivity index (χ0v) is 22.1. The summed E-state index contributed by atoms with van der Waals surface area (Å²) in [6.07, 6.45) is 9.60. The van der Waals surface area contributed by atoms with Crippen LogP contribution in [-0.4, -0.2) is 39.4 Å². The van der Waals surface area contributed by atoms with Crippen LogP contribution in [-0.2, 0) is 20.7 Å². The van der Waals surface area contributed by atoms with E-state index in [1.54, 1.807) is 7.11 Å². The molecule has 6 heteroatoms. The van der Waals surface area contributed by atoms with E-state index in [1.807, 2.05) is 12.1 Å². The van der Waals surface area contributed by atoms with Gasteiger partial charge < -0.3 is 19.1 Å². The third-order valence-electron chi connectivity index (χ3n) is 7.02. The average molecular weight is 500 g/mol. The molecule has 36 heavy (non-hydrogen) atoms. The van der Waals surface area contributed by atoms with Crippen LogP contribution < -0.4 is 9.64 Å². The van der Waals surface area contributed by atoms with Gasteiger partial charge in [0.25, 0.3) is 0 Å². The third-order valence-corrected chi connectivity index (χ3v) is 7.02. The Labute approximate surface area is 215 Å². The molecule has 0 saturated carbocycles. The maximum Gasteiger partial charge on any atom is 0.307 e. The lowest BCUT2D eigenvalue weighted by Gasteiger charge is -2.37. The van der Waals surface area contributed by atoms with E-state index in [1.165, 1.54) is 19.2 Å². The summed E-state index contributed by atoms with van der Waals surface area (Å²) in [6, 6.07) is 13.2. The number of anilines is 1. The van der Waals surface area contributed by atoms with Gasteiger partial charge in [0.05, 0.1) is 26.7 Å². The minimum atomic E-state index is -0.195. The first-order chi connectivity index (χ1) is 17.5. The highest BCUT2D eigenvalue weighted by Gasteiger charge is 2.27. The molecule has 0 N–H and O–H groups in total. The SMILES string of the molecule is CCCCC(OCCCCc1ccc(F)cc1)c1cc(OC)cc(N2CCCCC2CC(=O)OC)c1. The Hall–Kier alpha value is -2.60. The van der Waals surface area contributed by atoms with Crippen LogP contribution in [0.2, 0.25) is 0 Å². The summed E-state index contributed by atoms with van der Waals surface area (Å²) in [5, 5.41) is 0. The molecule has 0 bridgehead atoms. The van der Waals surface area contributed by atoms with E-state index in [9.17, 15) is 9.18 Å². The molecule has 2 unspecified atom stereocenters. The number of hydrogen-bond acceptors (Lipinski definition) is 5. The van der Waals surface area contributed by atoms with Crippen LogP contribution >= 0.6 is 0 Å². The smallest absolute Gasteiger partial charge is 0.307 e. The van der Waals surface area contributed by atoms with Crippen LogP contribution in [0, 0.1) is 5.82 Å². The first-order valence-corrected chi connectivity index (χ1v) is 13.4. The lowest BCUT2D eigenvalue weighted by molar-refractivity contribution is -0.141. The van der Waals surface area contributed by atoms with Crippen molar-refractivity contribution in [1.82, 2.24) is 0 Å². The highest BCUT2D eigenvalue weighted by atomic mass is 19.1. The van der Waals surface area contributed by atoms with E-state index in [2.05, 4.69) is 30.0 Å². The predicted molar refractivity (Wildman–Crippen MR) is 142 cm³/mol. The van der Waals surface area contributed by atoms with Crippen molar-refractivity contribution in [3.8, 4) is 5.75 Å². The molecule has 0 aliphatic carbocycles. The number of hydrogen-bond donors (Lipinski definition) is 0. The summed E-state index contributed by atoms with van der Waals surface area (Å²) >= 11 is 0. The second-order valence-electron chi connectivity index (χ2n) is 9.67. The number of unbranched alkanes of at least 4 members (excludes halogenated alkanes) is 2. The van der Waals surface area contributed by atoms with Crippen LogP contribution in [0.3, 0.4) is 0 Å². The van der Waals surface area contributed by atoms with Crippen molar-refractivity contribution in [1.29, 1.82) is 0 Å². The normalized spacial score (nSPS) is 16.6. The lowest BCUT2D eigenvalue weighted by atomic mass is 9.96. The largest absolute Gasteiger partial charge is 0.497 e. The first kappa shape index (κ1) is 28.0. The molecule has 198 valence electrons. The summed E-state index contributed by atoms with van der Waals surface area (Å²) < 4.78 is 30.2. The van der Waals surface area contributed by atoms with Crippen molar-refractivity contribution >= 4 is 11.7 Å². The maximum absolute atomic E-state index is 13.1. The predicted octanol–water partition coefficient (Wildman–Crippen LogP) is 7.03. The van der Waals surface area contributed by atoms with Gasteiger partial charge in [0.2, 0.25) is 0 Å². The van der Waals surface area contributed by atoms with Crippen molar-refractivity contribution in [3.63, 3.8) is 0 Å². The van der Waals surface area contributed by atoms with Gasteiger partial charge in [-0.3, -0.25) is 4.79 Å². The summed E-state index contributed by atoms with van der Waals surface area (Å²) in [4.78, 5) is 14.4. The molecule has 2 atom stereocenters. The Balaban J connectivity index is 1.69. The van der Waals surface area contributed by atoms with Crippen molar-refractivity contribution < 1.29 is 23.4 Å². The number of methoxy groups -OCH3 is 2. The zero-order chi connectivity index (χ0) is 25.8. The molecule has 0 amide bonds. The summed E-state index contributed by atoms with van der Waals surface area (Å²) in [7, 11) is 3.15. The fourth-order valence-corrected chi connectivity index (χ4v) is 4.95. The molecule has 1 fully saturated rings. The molecule has 0 radical (unpaired) electrons. The number of rotatable bonds is 14. The topological polar surface area (TPSA) is 48.0 Å². The van der Waals surface area contributed by atoms with E-state index < -0.39 is 0 Å². The summed E-state index contributed by atoms with van der Waals surface area (Å²) in [6.45, 7) is 3.79. The molecule has 1 aliphatic rings. The molecule has 1 heterocycles. The van der Waals surface area contributed by atoms with Crippen LogP contribution in [0.1, 0.15) is 81.9 Å². The van der Waals surface area contributed by atoms with Crippen LogP contribution in [0.4, 0.5) is 10.1 Å². The van der Waals surface area contributed by atoms with Gasteiger partial charge in [0.1, 0.15) is 11.6 Å². The van der Waals surface area contributed by atoms with Gasteiger partial charge in [0.15, 0.2) is 0 Å². The number of halogens is 1. The Morgan fingerprint density at radius 2 is 1.89 bits per heavy atom. The minimum absolute atomic E-state index is 0.00605. The van der Waals surface area contributed by atoms with Crippen molar-refractivity contribution in [3.05, 3.63) is 59.4 Å². The van der Waals surface area contributed by atoms with E-state index >= 15 is 0 Å². The second-order valence-corrected chi connectivity index (χ2v) is 9.67. The molecule has 2 aromatic rings. The van der Waals surface area contributed by atoms with Crippen molar-refractivity contribution in [2.24, 2.45) is 0 Å². The maximum atomic E-state index is 13.1. The molecule has 3 rings (SSSR count). The number of carbonyl (C=O) groups excluding carboxylic acids is 1. The quantitative estimate of drug-likeness (QED) is 0.206. The van der Waals surface area contributed by atoms with Gasteiger partial charge in [-0.15, -0.1) is 0 Å². The van der Waals surface area contributed by atoms with Crippen LogP contribution in [0.15, 0.2) is 42.5 Å². The minimum Gasteiger partial charge on any atom is -0.497 e. The van der Waals surface area contributed by atoms with Gasteiger partial charge in [0, 0.05) is 30.9 Å². The van der Waals surface area contributed by atoms with Crippen LogP contribution in [0.25, 0.3) is 0 Å². The molecule has 1 aliphatic heterocycles.